The van der Waals surface area contributed by atoms with Gasteiger partial charge in [-0.25, -0.2) is 9.97 Å². The van der Waals surface area contributed by atoms with Crippen molar-refractivity contribution in [2.24, 2.45) is 0 Å². The molecule has 0 saturated carbocycles. The summed E-state index contributed by atoms with van der Waals surface area (Å²) in [6.45, 7) is 0. The van der Waals surface area contributed by atoms with Crippen LogP contribution in [0.2, 0.25) is 0 Å². The number of anilines is 2. The van der Waals surface area contributed by atoms with Crippen molar-refractivity contribution in [3.05, 3.63) is 76.8 Å². The van der Waals surface area contributed by atoms with Crippen LogP contribution in [-0.2, 0) is 0 Å². The molecule has 4 aromatic rings. The van der Waals surface area contributed by atoms with Crippen molar-refractivity contribution in [2.75, 3.05) is 31.4 Å². The SMILES string of the molecule is COc1ccc(-c2cc(C(=O)Nc3c(N(C)C)nc[nH]c3=O)c3ccccc3n2)cc1. The van der Waals surface area contributed by atoms with Crippen LogP contribution in [0.3, 0.4) is 0 Å². The van der Waals surface area contributed by atoms with E-state index in [0.717, 1.165) is 11.3 Å². The van der Waals surface area contributed by atoms with Gasteiger partial charge >= 0.3 is 0 Å². The normalized spacial score (nSPS) is 10.7. The first-order valence-corrected chi connectivity index (χ1v) is 9.58. The van der Waals surface area contributed by atoms with Crippen LogP contribution in [0, 0.1) is 0 Å². The summed E-state index contributed by atoms with van der Waals surface area (Å²) in [5.41, 5.74) is 2.22. The average Bonchev–Trinajstić information content (AvgIpc) is 2.79. The van der Waals surface area contributed by atoms with Crippen LogP contribution in [0.1, 0.15) is 10.4 Å². The van der Waals surface area contributed by atoms with E-state index in [1.54, 1.807) is 32.2 Å². The number of methoxy groups -OCH3 is 1. The summed E-state index contributed by atoms with van der Waals surface area (Å²) in [7, 11) is 5.11. The van der Waals surface area contributed by atoms with Gasteiger partial charge in [0.1, 0.15) is 5.75 Å². The molecule has 31 heavy (non-hydrogen) atoms. The number of aromatic amines is 1. The predicted molar refractivity (Wildman–Crippen MR) is 121 cm³/mol. The maximum atomic E-state index is 13.3. The Labute approximate surface area is 178 Å². The van der Waals surface area contributed by atoms with E-state index in [9.17, 15) is 9.59 Å². The summed E-state index contributed by atoms with van der Waals surface area (Å²) in [6.07, 6.45) is 1.30. The number of carbonyl (C=O) groups excluding carboxylic acids is 1. The monoisotopic (exact) mass is 415 g/mol. The molecule has 0 saturated heterocycles. The Morgan fingerprint density at radius 3 is 2.55 bits per heavy atom. The van der Waals surface area contributed by atoms with E-state index in [1.807, 2.05) is 48.5 Å². The van der Waals surface area contributed by atoms with Crippen LogP contribution < -0.4 is 20.5 Å². The van der Waals surface area contributed by atoms with E-state index in [2.05, 4.69) is 15.3 Å². The second-order valence-electron chi connectivity index (χ2n) is 7.08. The lowest BCUT2D eigenvalue weighted by molar-refractivity contribution is 0.102. The third kappa shape index (κ3) is 3.95. The number of rotatable bonds is 5. The molecular weight excluding hydrogens is 394 g/mol. The van der Waals surface area contributed by atoms with Gasteiger partial charge in [-0.1, -0.05) is 18.2 Å². The summed E-state index contributed by atoms with van der Waals surface area (Å²) in [5.74, 6) is 0.676. The number of nitrogens with zero attached hydrogens (tertiary/aromatic N) is 3. The van der Waals surface area contributed by atoms with E-state index in [-0.39, 0.29) is 5.69 Å². The van der Waals surface area contributed by atoms with E-state index in [1.165, 1.54) is 6.33 Å². The second-order valence-corrected chi connectivity index (χ2v) is 7.08. The molecule has 1 amide bonds. The Kier molecular flexibility index (Phi) is 5.36. The second kappa shape index (κ2) is 8.27. The van der Waals surface area contributed by atoms with Crippen molar-refractivity contribution < 1.29 is 9.53 Å². The van der Waals surface area contributed by atoms with Crippen LogP contribution in [0.15, 0.2) is 65.7 Å². The molecule has 0 unspecified atom stereocenters. The number of pyridine rings is 1. The largest absolute Gasteiger partial charge is 0.497 e. The molecule has 0 spiro atoms. The van der Waals surface area contributed by atoms with Gasteiger partial charge in [0.25, 0.3) is 11.5 Å². The van der Waals surface area contributed by atoms with E-state index in [0.29, 0.717) is 28.0 Å². The summed E-state index contributed by atoms with van der Waals surface area (Å²) in [5, 5.41) is 3.42. The highest BCUT2D eigenvalue weighted by Crippen LogP contribution is 2.27. The number of benzene rings is 2. The van der Waals surface area contributed by atoms with Crippen LogP contribution in [0.25, 0.3) is 22.2 Å². The van der Waals surface area contributed by atoms with Gasteiger partial charge in [0.15, 0.2) is 11.5 Å². The highest BCUT2D eigenvalue weighted by molar-refractivity contribution is 6.13. The highest BCUT2D eigenvalue weighted by atomic mass is 16.5. The number of fused-ring (bicyclic) bond motifs is 1. The highest BCUT2D eigenvalue weighted by Gasteiger charge is 2.18. The molecular formula is C23H21N5O3. The molecule has 8 nitrogen and oxygen atoms in total. The molecule has 8 heteroatoms. The fourth-order valence-corrected chi connectivity index (χ4v) is 3.30. The van der Waals surface area contributed by atoms with Crippen molar-refractivity contribution in [3.63, 3.8) is 0 Å². The van der Waals surface area contributed by atoms with Gasteiger partial charge in [0.05, 0.1) is 30.2 Å². The Morgan fingerprint density at radius 2 is 1.84 bits per heavy atom. The zero-order valence-corrected chi connectivity index (χ0v) is 17.3. The van der Waals surface area contributed by atoms with Crippen LogP contribution in [0.4, 0.5) is 11.5 Å². The number of aromatic nitrogens is 3. The number of hydrogen-bond donors (Lipinski definition) is 2. The molecule has 2 N–H and O–H groups in total. The minimum atomic E-state index is -0.430. The molecule has 0 atom stereocenters. The molecule has 0 fully saturated rings. The molecule has 4 rings (SSSR count). The van der Waals surface area contributed by atoms with Crippen LogP contribution in [-0.4, -0.2) is 42.1 Å². The van der Waals surface area contributed by atoms with Crippen molar-refractivity contribution in [1.29, 1.82) is 0 Å². The quantitative estimate of drug-likeness (QED) is 0.519. The summed E-state index contributed by atoms with van der Waals surface area (Å²) in [4.78, 5) is 38.7. The van der Waals surface area contributed by atoms with Gasteiger partial charge in [-0.3, -0.25) is 9.59 Å². The molecule has 0 aliphatic rings. The maximum absolute atomic E-state index is 13.3. The minimum Gasteiger partial charge on any atom is -0.497 e. The lowest BCUT2D eigenvalue weighted by Crippen LogP contribution is -2.25. The molecule has 2 heterocycles. The lowest BCUT2D eigenvalue weighted by atomic mass is 10.0. The Hall–Kier alpha value is -4.20. The lowest BCUT2D eigenvalue weighted by Gasteiger charge is -2.16. The van der Waals surface area contributed by atoms with Crippen molar-refractivity contribution >= 4 is 28.3 Å². The summed E-state index contributed by atoms with van der Waals surface area (Å²) in [6, 6.07) is 16.5. The number of carbonyl (C=O) groups is 1. The third-order valence-corrected chi connectivity index (χ3v) is 4.84. The number of amides is 1. The third-order valence-electron chi connectivity index (χ3n) is 4.84. The number of nitrogens with one attached hydrogen (secondary N) is 2. The average molecular weight is 415 g/mol. The molecule has 0 aliphatic heterocycles. The zero-order chi connectivity index (χ0) is 22.0. The van der Waals surface area contributed by atoms with Gasteiger partial charge in [-0.05, 0) is 36.4 Å². The minimum absolute atomic E-state index is 0.0874. The number of H-pyrrole nitrogens is 1. The maximum Gasteiger partial charge on any atom is 0.276 e. The van der Waals surface area contributed by atoms with Gasteiger partial charge in [0.2, 0.25) is 0 Å². The Morgan fingerprint density at radius 1 is 1.10 bits per heavy atom. The van der Waals surface area contributed by atoms with Crippen LogP contribution in [0.5, 0.6) is 5.75 Å². The Bertz CT molecular complexity index is 1310. The van der Waals surface area contributed by atoms with Gasteiger partial charge < -0.3 is 19.9 Å². The van der Waals surface area contributed by atoms with Crippen LogP contribution >= 0.6 is 0 Å². The fraction of sp³-hybridized carbons (Fsp3) is 0.130. The molecule has 156 valence electrons. The van der Waals surface area contributed by atoms with Gasteiger partial charge in [0, 0.05) is 25.0 Å². The first kappa shape index (κ1) is 20.1. The topological polar surface area (TPSA) is 100 Å². The zero-order valence-electron chi connectivity index (χ0n) is 17.3. The van der Waals surface area contributed by atoms with Crippen molar-refractivity contribution in [2.45, 2.75) is 0 Å². The molecule has 0 aliphatic carbocycles. The summed E-state index contributed by atoms with van der Waals surface area (Å²) < 4.78 is 5.22. The van der Waals surface area contributed by atoms with E-state index in [4.69, 9.17) is 9.72 Å². The smallest absolute Gasteiger partial charge is 0.276 e. The predicted octanol–water partition coefficient (Wildman–Crippen LogP) is 3.31. The summed E-state index contributed by atoms with van der Waals surface area (Å²) >= 11 is 0. The Balaban J connectivity index is 1.81. The fourth-order valence-electron chi connectivity index (χ4n) is 3.30. The van der Waals surface area contributed by atoms with Gasteiger partial charge in [-0.2, -0.15) is 0 Å². The molecule has 0 bridgehead atoms. The van der Waals surface area contributed by atoms with E-state index < -0.39 is 11.5 Å². The van der Waals surface area contributed by atoms with Crippen molar-refractivity contribution in [3.8, 4) is 17.0 Å². The molecule has 2 aromatic carbocycles. The number of hydrogen-bond acceptors (Lipinski definition) is 6. The molecule has 0 radical (unpaired) electrons. The molecule has 2 aromatic heterocycles. The van der Waals surface area contributed by atoms with E-state index >= 15 is 0 Å². The standard InChI is InChI=1S/C23H21N5O3/c1-28(2)21-20(23(30)25-13-24-21)27-22(29)17-12-19(14-8-10-15(31-3)11-9-14)26-18-7-5-4-6-16(17)18/h4-13H,1-3H3,(H,27,29)(H,24,25,30). The van der Waals surface area contributed by atoms with Gasteiger partial charge in [-0.15, -0.1) is 0 Å². The van der Waals surface area contributed by atoms with Crippen molar-refractivity contribution in [1.82, 2.24) is 15.0 Å². The first-order valence-electron chi connectivity index (χ1n) is 9.58. The number of ether oxygens (including phenoxy) is 1. The first-order chi connectivity index (χ1) is 15.0. The number of para-hydroxylation sites is 1.